The summed E-state index contributed by atoms with van der Waals surface area (Å²) >= 11 is 0. The van der Waals surface area contributed by atoms with Gasteiger partial charge in [0.25, 0.3) is 0 Å². The van der Waals surface area contributed by atoms with Crippen molar-refractivity contribution < 1.29 is 8.78 Å². The van der Waals surface area contributed by atoms with Crippen LogP contribution in [0.4, 0.5) is 8.78 Å². The van der Waals surface area contributed by atoms with E-state index in [9.17, 15) is 8.78 Å². The molecule has 0 aliphatic rings. The predicted molar refractivity (Wildman–Crippen MR) is 13.3 cm³/mol. The molecule has 0 aromatic rings. The van der Waals surface area contributed by atoms with Gasteiger partial charge in [0, 0.05) is 0 Å². The summed E-state index contributed by atoms with van der Waals surface area (Å²) < 4.78 is 21.1. The van der Waals surface area contributed by atoms with Gasteiger partial charge in [-0.25, -0.2) is 5.43 Å². The monoisotopic (exact) mass is 82.0 g/mol. The highest BCUT2D eigenvalue weighted by molar-refractivity contribution is 4.11. The molecule has 0 spiro atoms. The third-order valence-corrected chi connectivity index (χ3v) is 0.126. The van der Waals surface area contributed by atoms with E-state index in [4.69, 9.17) is 0 Å². The lowest BCUT2D eigenvalue weighted by Gasteiger charge is -1.86. The molecule has 0 aliphatic carbocycles. The molecule has 0 rings (SSSR count). The van der Waals surface area contributed by atoms with Crippen molar-refractivity contribution in [2.45, 2.75) is 6.55 Å². The molecule has 0 saturated carbocycles. The number of nitrogens with one attached hydrogen (secondary N) is 1. The van der Waals surface area contributed by atoms with Crippen molar-refractivity contribution in [3.05, 3.63) is 0 Å². The van der Waals surface area contributed by atoms with Crippen LogP contribution in [-0.2, 0) is 0 Å². The molecule has 0 radical (unpaired) electrons. The Morgan fingerprint density at radius 2 is 1.80 bits per heavy atom. The van der Waals surface area contributed by atoms with Crippen molar-refractivity contribution in [1.29, 1.82) is 0 Å². The lowest BCUT2D eigenvalue weighted by atomic mass is 11.3. The molecule has 0 heterocycles. The molecule has 0 aromatic heterocycles. The molecule has 0 atom stereocenters. The summed E-state index contributed by atoms with van der Waals surface area (Å²) in [6.07, 6.45) is 0. The van der Waals surface area contributed by atoms with E-state index in [2.05, 4.69) is 5.84 Å². The Kier molecular flexibility index (Phi) is 1.95. The number of hydrogen-bond donors (Lipinski definition) is 2. The molecule has 4 heteroatoms. The zero-order valence-corrected chi connectivity index (χ0v) is 2.41. The minimum absolute atomic E-state index is 1.19. The van der Waals surface area contributed by atoms with Gasteiger partial charge < -0.3 is 0 Å². The van der Waals surface area contributed by atoms with Gasteiger partial charge in [0.2, 0.25) is 0 Å². The second kappa shape index (κ2) is 2.04. The van der Waals surface area contributed by atoms with Crippen molar-refractivity contribution in [2.24, 2.45) is 5.84 Å². The van der Waals surface area contributed by atoms with Crippen LogP contribution in [0, 0.1) is 0 Å². The maximum atomic E-state index is 10.5. The van der Waals surface area contributed by atoms with Gasteiger partial charge in [0.15, 0.2) is 0 Å². The van der Waals surface area contributed by atoms with Crippen molar-refractivity contribution in [2.75, 3.05) is 0 Å². The Morgan fingerprint density at radius 1 is 1.60 bits per heavy atom. The number of hydrogen-bond acceptors (Lipinski definition) is 2. The van der Waals surface area contributed by atoms with Crippen LogP contribution in [0.1, 0.15) is 0 Å². The van der Waals surface area contributed by atoms with Gasteiger partial charge in [-0.2, -0.15) is 8.78 Å². The molecule has 5 heavy (non-hydrogen) atoms. The van der Waals surface area contributed by atoms with E-state index in [0.717, 1.165) is 0 Å². The van der Waals surface area contributed by atoms with Crippen molar-refractivity contribution in [3.63, 3.8) is 0 Å². The fourth-order valence-electron chi connectivity index (χ4n) is 0. The predicted octanol–water partition coefficient (Wildman–Crippen LogP) is -0.328. The van der Waals surface area contributed by atoms with Crippen LogP contribution in [0.15, 0.2) is 0 Å². The second-order valence-corrected chi connectivity index (χ2v) is 0.467. The van der Waals surface area contributed by atoms with E-state index in [1.807, 2.05) is 0 Å². The van der Waals surface area contributed by atoms with Crippen LogP contribution in [0.25, 0.3) is 0 Å². The SMILES string of the molecule is NNC(F)F. The topological polar surface area (TPSA) is 38.0 Å². The summed E-state index contributed by atoms with van der Waals surface area (Å²) in [5.41, 5.74) is 1.19. The van der Waals surface area contributed by atoms with E-state index < -0.39 is 6.55 Å². The maximum absolute atomic E-state index is 10.5. The van der Waals surface area contributed by atoms with Crippen LogP contribution >= 0.6 is 0 Å². The van der Waals surface area contributed by atoms with Gasteiger partial charge in [-0.1, -0.05) is 0 Å². The van der Waals surface area contributed by atoms with Crippen LogP contribution in [0.3, 0.4) is 0 Å². The molecule has 3 N–H and O–H groups in total. The van der Waals surface area contributed by atoms with Gasteiger partial charge in [0.1, 0.15) is 0 Å². The second-order valence-electron chi connectivity index (χ2n) is 0.467. The fourth-order valence-corrected chi connectivity index (χ4v) is 0. The normalized spacial score (nSPS) is 9.60. The van der Waals surface area contributed by atoms with Gasteiger partial charge in [-0.05, 0) is 0 Å². The van der Waals surface area contributed by atoms with E-state index >= 15 is 0 Å². The first-order valence-electron chi connectivity index (χ1n) is 1.01. The Hall–Kier alpha value is -0.220. The van der Waals surface area contributed by atoms with E-state index in [0.29, 0.717) is 0 Å². The lowest BCUT2D eigenvalue weighted by molar-refractivity contribution is 0.109. The molecule has 0 bridgehead atoms. The first kappa shape index (κ1) is 4.78. The lowest BCUT2D eigenvalue weighted by Crippen LogP contribution is -2.27. The quantitative estimate of drug-likeness (QED) is 0.258. The van der Waals surface area contributed by atoms with E-state index in [1.54, 1.807) is 0 Å². The fraction of sp³-hybridized carbons (Fsp3) is 1.00. The zero-order chi connectivity index (χ0) is 4.28. The first-order chi connectivity index (χ1) is 2.27. The molecule has 32 valence electrons. The molecule has 0 unspecified atom stereocenters. The highest BCUT2D eigenvalue weighted by Crippen LogP contribution is 1.76. The molecule has 0 saturated heterocycles. The van der Waals surface area contributed by atoms with Crippen molar-refractivity contribution >= 4 is 0 Å². The van der Waals surface area contributed by atoms with Gasteiger partial charge in [-0.3, -0.25) is 5.84 Å². The number of alkyl halides is 2. The summed E-state index contributed by atoms with van der Waals surface area (Å²) in [5, 5.41) is 0. The summed E-state index contributed by atoms with van der Waals surface area (Å²) in [6, 6.07) is 0. The summed E-state index contributed by atoms with van der Waals surface area (Å²) in [4.78, 5) is 0. The average molecular weight is 82.1 g/mol. The molecule has 2 nitrogen and oxygen atoms in total. The number of hydrazine groups is 1. The number of rotatable bonds is 1. The van der Waals surface area contributed by atoms with Gasteiger partial charge in [0.05, 0.1) is 0 Å². The third kappa shape index (κ3) is 3.78. The summed E-state index contributed by atoms with van der Waals surface area (Å²) in [7, 11) is 0. The van der Waals surface area contributed by atoms with Crippen LogP contribution < -0.4 is 11.3 Å². The van der Waals surface area contributed by atoms with Gasteiger partial charge in [-0.15, -0.1) is 0 Å². The van der Waals surface area contributed by atoms with Crippen molar-refractivity contribution in [3.8, 4) is 0 Å². The van der Waals surface area contributed by atoms with E-state index in [1.165, 1.54) is 5.43 Å². The Morgan fingerprint density at radius 3 is 1.80 bits per heavy atom. The highest BCUT2D eigenvalue weighted by atomic mass is 19.3. The first-order valence-corrected chi connectivity index (χ1v) is 1.01. The van der Waals surface area contributed by atoms with Gasteiger partial charge >= 0.3 is 6.55 Å². The van der Waals surface area contributed by atoms with Crippen LogP contribution in [-0.4, -0.2) is 6.55 Å². The minimum Gasteiger partial charge on any atom is -0.267 e. The molecular formula is CH4F2N2. The molecule has 0 fully saturated rings. The molecule has 0 amide bonds. The number of nitrogens with two attached hydrogens (primary N) is 1. The summed E-state index contributed by atoms with van der Waals surface area (Å²) in [6.45, 7) is -2.59. The summed E-state index contributed by atoms with van der Waals surface area (Å²) in [5.74, 6) is 4.17. The Balaban J connectivity index is 2.54. The number of halogens is 2. The van der Waals surface area contributed by atoms with Crippen LogP contribution in [0.2, 0.25) is 0 Å². The smallest absolute Gasteiger partial charge is 0.267 e. The highest BCUT2D eigenvalue weighted by Gasteiger charge is 1.89. The molecular weight excluding hydrogens is 78.0 g/mol. The van der Waals surface area contributed by atoms with E-state index in [-0.39, 0.29) is 0 Å². The van der Waals surface area contributed by atoms with Crippen LogP contribution in [0.5, 0.6) is 0 Å². The maximum Gasteiger partial charge on any atom is 0.304 e. The molecule has 0 aromatic carbocycles. The Labute approximate surface area is 27.9 Å². The largest absolute Gasteiger partial charge is 0.304 e. The molecule has 0 aliphatic heterocycles. The average Bonchev–Trinajstić information content (AvgIpc) is 1.38. The third-order valence-electron chi connectivity index (χ3n) is 0.126. The zero-order valence-electron chi connectivity index (χ0n) is 2.41. The standard InChI is InChI=1S/CH4F2N2/c2-1(3)5-4/h1,5H,4H2. The minimum atomic E-state index is -2.59. The Bertz CT molecular complexity index is 21.6. The van der Waals surface area contributed by atoms with Crippen molar-refractivity contribution in [1.82, 2.24) is 5.43 Å².